The normalized spacial score (nSPS) is 11.6. The van der Waals surface area contributed by atoms with E-state index in [1.165, 1.54) is 0 Å². The van der Waals surface area contributed by atoms with E-state index >= 15 is 0 Å². The zero-order valence-electron chi connectivity index (χ0n) is 11.0. The number of methoxy groups -OCH3 is 1. The topological polar surface area (TPSA) is 80.1 Å². The molecule has 0 saturated carbocycles. The fourth-order valence-electron chi connectivity index (χ4n) is 2.10. The SMILES string of the molecule is COc1cc2c(C(C)(C)C(=O)NN)c[nH]c2cc1Cl. The van der Waals surface area contributed by atoms with Crippen LogP contribution in [0.5, 0.6) is 5.75 Å². The molecule has 1 aromatic carbocycles. The Bertz CT molecular complexity index is 634. The van der Waals surface area contributed by atoms with E-state index < -0.39 is 5.41 Å². The van der Waals surface area contributed by atoms with Crippen LogP contribution in [0.3, 0.4) is 0 Å². The van der Waals surface area contributed by atoms with Crippen LogP contribution in [0, 0.1) is 0 Å². The summed E-state index contributed by atoms with van der Waals surface area (Å²) in [6.07, 6.45) is 1.79. The van der Waals surface area contributed by atoms with Gasteiger partial charge in [-0.15, -0.1) is 0 Å². The first-order valence-corrected chi connectivity index (χ1v) is 6.15. The van der Waals surface area contributed by atoms with Crippen molar-refractivity contribution in [1.82, 2.24) is 10.4 Å². The second kappa shape index (κ2) is 4.75. The van der Waals surface area contributed by atoms with Crippen molar-refractivity contribution in [3.8, 4) is 5.75 Å². The molecule has 0 spiro atoms. The van der Waals surface area contributed by atoms with Crippen molar-refractivity contribution in [2.75, 3.05) is 7.11 Å². The van der Waals surface area contributed by atoms with Gasteiger partial charge in [-0.1, -0.05) is 11.6 Å². The van der Waals surface area contributed by atoms with Gasteiger partial charge in [0, 0.05) is 17.1 Å². The van der Waals surface area contributed by atoms with E-state index in [-0.39, 0.29) is 5.91 Å². The predicted molar refractivity (Wildman–Crippen MR) is 75.2 cm³/mol. The van der Waals surface area contributed by atoms with Gasteiger partial charge in [0.15, 0.2) is 0 Å². The Hall–Kier alpha value is -1.72. The van der Waals surface area contributed by atoms with Crippen molar-refractivity contribution in [1.29, 1.82) is 0 Å². The highest BCUT2D eigenvalue weighted by atomic mass is 35.5. The number of aromatic nitrogens is 1. The molecular formula is C13H16ClN3O2. The summed E-state index contributed by atoms with van der Waals surface area (Å²) >= 11 is 6.07. The lowest BCUT2D eigenvalue weighted by atomic mass is 9.83. The van der Waals surface area contributed by atoms with Crippen LogP contribution in [-0.2, 0) is 10.2 Å². The molecule has 102 valence electrons. The Kier molecular flexibility index (Phi) is 3.43. The number of rotatable bonds is 3. The number of nitrogens with two attached hydrogens (primary N) is 1. The van der Waals surface area contributed by atoms with Crippen LogP contribution < -0.4 is 16.0 Å². The average molecular weight is 282 g/mol. The predicted octanol–water partition coefficient (Wildman–Crippen LogP) is 2.10. The third-order valence-corrected chi connectivity index (χ3v) is 3.62. The van der Waals surface area contributed by atoms with E-state index in [2.05, 4.69) is 10.4 Å². The molecule has 0 aliphatic heterocycles. The smallest absolute Gasteiger partial charge is 0.244 e. The molecule has 4 N–H and O–H groups in total. The van der Waals surface area contributed by atoms with E-state index in [1.807, 2.05) is 6.07 Å². The lowest BCUT2D eigenvalue weighted by molar-refractivity contribution is -0.125. The third kappa shape index (κ3) is 2.15. The second-order valence-electron chi connectivity index (χ2n) is 4.83. The van der Waals surface area contributed by atoms with Crippen LogP contribution in [0.2, 0.25) is 5.02 Å². The van der Waals surface area contributed by atoms with Gasteiger partial charge in [0.1, 0.15) is 5.75 Å². The van der Waals surface area contributed by atoms with E-state index in [1.54, 1.807) is 33.2 Å². The van der Waals surface area contributed by atoms with Gasteiger partial charge in [0.25, 0.3) is 0 Å². The number of hydrogen-bond acceptors (Lipinski definition) is 3. The van der Waals surface area contributed by atoms with Gasteiger partial charge >= 0.3 is 0 Å². The van der Waals surface area contributed by atoms with Gasteiger partial charge < -0.3 is 9.72 Å². The van der Waals surface area contributed by atoms with Crippen molar-refractivity contribution >= 4 is 28.4 Å². The van der Waals surface area contributed by atoms with E-state index in [9.17, 15) is 4.79 Å². The monoisotopic (exact) mass is 281 g/mol. The number of hydrazine groups is 1. The lowest BCUT2D eigenvalue weighted by Crippen LogP contribution is -2.43. The number of benzene rings is 1. The second-order valence-corrected chi connectivity index (χ2v) is 5.24. The van der Waals surface area contributed by atoms with Crippen LogP contribution in [0.25, 0.3) is 10.9 Å². The first kappa shape index (κ1) is 13.7. The molecule has 2 rings (SSSR count). The summed E-state index contributed by atoms with van der Waals surface area (Å²) < 4.78 is 5.21. The molecule has 19 heavy (non-hydrogen) atoms. The van der Waals surface area contributed by atoms with Gasteiger partial charge in [0.2, 0.25) is 5.91 Å². The lowest BCUT2D eigenvalue weighted by Gasteiger charge is -2.22. The quantitative estimate of drug-likeness (QED) is 0.458. The number of hydrogen-bond donors (Lipinski definition) is 3. The minimum atomic E-state index is -0.758. The summed E-state index contributed by atoms with van der Waals surface area (Å²) in [5.41, 5.74) is 3.11. The highest BCUT2D eigenvalue weighted by molar-refractivity contribution is 6.32. The van der Waals surface area contributed by atoms with Crippen LogP contribution in [0.1, 0.15) is 19.4 Å². The summed E-state index contributed by atoms with van der Waals surface area (Å²) in [5.74, 6) is 5.54. The summed E-state index contributed by atoms with van der Waals surface area (Å²) in [7, 11) is 1.55. The molecule has 6 heteroatoms. The molecule has 1 amide bonds. The third-order valence-electron chi connectivity index (χ3n) is 3.33. The van der Waals surface area contributed by atoms with Gasteiger partial charge in [-0.05, 0) is 31.5 Å². The number of nitrogens with one attached hydrogen (secondary N) is 2. The molecule has 0 unspecified atom stereocenters. The maximum atomic E-state index is 11.9. The highest BCUT2D eigenvalue weighted by Gasteiger charge is 2.32. The fraction of sp³-hybridized carbons (Fsp3) is 0.308. The van der Waals surface area contributed by atoms with Crippen molar-refractivity contribution in [2.24, 2.45) is 5.84 Å². The van der Waals surface area contributed by atoms with Crippen molar-refractivity contribution < 1.29 is 9.53 Å². The van der Waals surface area contributed by atoms with E-state index in [0.29, 0.717) is 10.8 Å². The fourth-order valence-corrected chi connectivity index (χ4v) is 2.34. The number of carbonyl (C=O) groups is 1. The summed E-state index contributed by atoms with van der Waals surface area (Å²) in [4.78, 5) is 15.0. The molecule has 0 aliphatic carbocycles. The molecule has 0 aliphatic rings. The summed E-state index contributed by atoms with van der Waals surface area (Å²) in [5, 5.41) is 1.40. The number of ether oxygens (including phenoxy) is 1. The van der Waals surface area contributed by atoms with Gasteiger partial charge in [-0.3, -0.25) is 10.2 Å². The number of H-pyrrole nitrogens is 1. The summed E-state index contributed by atoms with van der Waals surface area (Å²) in [6.45, 7) is 3.61. The van der Waals surface area contributed by atoms with Crippen LogP contribution in [-0.4, -0.2) is 18.0 Å². The molecule has 0 saturated heterocycles. The average Bonchev–Trinajstić information content (AvgIpc) is 2.79. The first-order valence-electron chi connectivity index (χ1n) is 5.78. The van der Waals surface area contributed by atoms with E-state index in [0.717, 1.165) is 16.5 Å². The highest BCUT2D eigenvalue weighted by Crippen LogP contribution is 2.36. The maximum absolute atomic E-state index is 11.9. The largest absolute Gasteiger partial charge is 0.495 e. The van der Waals surface area contributed by atoms with Crippen LogP contribution in [0.15, 0.2) is 18.3 Å². The Morgan fingerprint density at radius 1 is 1.47 bits per heavy atom. The van der Waals surface area contributed by atoms with Crippen LogP contribution >= 0.6 is 11.6 Å². The zero-order chi connectivity index (χ0) is 14.2. The standard InChI is InChI=1S/C13H16ClN3O2/c1-13(2,12(18)17-15)8-6-16-10-5-9(14)11(19-3)4-7(8)10/h4-6,16H,15H2,1-3H3,(H,17,18). The van der Waals surface area contributed by atoms with E-state index in [4.69, 9.17) is 22.2 Å². The molecule has 0 atom stereocenters. The maximum Gasteiger partial charge on any atom is 0.244 e. The molecule has 2 aromatic rings. The minimum Gasteiger partial charge on any atom is -0.495 e. The number of amides is 1. The Labute approximate surface area is 116 Å². The van der Waals surface area contributed by atoms with Gasteiger partial charge in [-0.25, -0.2) is 5.84 Å². The molecule has 5 nitrogen and oxygen atoms in total. The van der Waals surface area contributed by atoms with Crippen molar-refractivity contribution in [2.45, 2.75) is 19.3 Å². The Morgan fingerprint density at radius 3 is 2.74 bits per heavy atom. The molecule has 0 radical (unpaired) electrons. The number of aromatic amines is 1. The molecule has 0 bridgehead atoms. The minimum absolute atomic E-state index is 0.262. The van der Waals surface area contributed by atoms with Crippen LogP contribution in [0.4, 0.5) is 0 Å². The Morgan fingerprint density at radius 2 is 2.16 bits per heavy atom. The summed E-state index contributed by atoms with van der Waals surface area (Å²) in [6, 6.07) is 3.59. The molecular weight excluding hydrogens is 266 g/mol. The van der Waals surface area contributed by atoms with Crippen molar-refractivity contribution in [3.63, 3.8) is 0 Å². The van der Waals surface area contributed by atoms with Crippen molar-refractivity contribution in [3.05, 3.63) is 28.9 Å². The number of fused-ring (bicyclic) bond motifs is 1. The number of carbonyl (C=O) groups excluding carboxylic acids is 1. The molecule has 0 fully saturated rings. The molecule has 1 aromatic heterocycles. The zero-order valence-corrected chi connectivity index (χ0v) is 11.8. The molecule has 1 heterocycles. The first-order chi connectivity index (χ1) is 8.91. The van der Waals surface area contributed by atoms with Gasteiger partial charge in [0.05, 0.1) is 17.5 Å². The number of halogens is 1. The van der Waals surface area contributed by atoms with Gasteiger partial charge in [-0.2, -0.15) is 0 Å². The Balaban J connectivity index is 2.65.